The topological polar surface area (TPSA) is 55.8 Å². The summed E-state index contributed by atoms with van der Waals surface area (Å²) in [5.41, 5.74) is 2.83. The molecule has 0 aliphatic carbocycles. The molecule has 0 amide bonds. The number of carboxylic acids is 1. The fraction of sp³-hybridized carbons (Fsp3) is 0.450. The molecule has 1 atom stereocenters. The van der Waals surface area contributed by atoms with Gasteiger partial charge in [0.15, 0.2) is 6.10 Å². The van der Waals surface area contributed by atoms with E-state index in [0.29, 0.717) is 9.90 Å². The highest BCUT2D eigenvalue weighted by Crippen LogP contribution is 2.45. The summed E-state index contributed by atoms with van der Waals surface area (Å²) >= 11 is 7.92. The Labute approximate surface area is 162 Å². The first-order chi connectivity index (χ1) is 12.2. The standard InChI is InChI=1S/C20H23ClO4S/c1-11-15(17(19(22)23)25-20(2,3)4)16(18(21)26-11)13-7-8-14-12(10-13)6-5-9-24-14/h7-8,10,17H,5-6,9H2,1-4H3,(H,22,23). The molecule has 1 aromatic heterocycles. The van der Waals surface area contributed by atoms with Crippen molar-refractivity contribution in [2.45, 2.75) is 52.2 Å². The average molecular weight is 395 g/mol. The summed E-state index contributed by atoms with van der Waals surface area (Å²) in [7, 11) is 0. The molecule has 4 nitrogen and oxygen atoms in total. The highest BCUT2D eigenvalue weighted by Gasteiger charge is 2.33. The van der Waals surface area contributed by atoms with E-state index in [0.717, 1.165) is 46.8 Å². The summed E-state index contributed by atoms with van der Waals surface area (Å²) in [6.07, 6.45) is 0.853. The molecule has 2 heterocycles. The number of hydrogen-bond donors (Lipinski definition) is 1. The SMILES string of the molecule is Cc1sc(Cl)c(-c2ccc3c(c2)CCCO3)c1C(OC(C)(C)C)C(=O)O. The first kappa shape index (κ1) is 19.2. The number of carboxylic acid groups (broad SMARTS) is 1. The molecule has 0 fully saturated rings. The van der Waals surface area contributed by atoms with Gasteiger partial charge in [-0.3, -0.25) is 0 Å². The van der Waals surface area contributed by atoms with Crippen LogP contribution in [0, 0.1) is 6.92 Å². The largest absolute Gasteiger partial charge is 0.493 e. The molecule has 0 saturated heterocycles. The lowest BCUT2D eigenvalue weighted by Crippen LogP contribution is -2.27. The van der Waals surface area contributed by atoms with Gasteiger partial charge in [0.25, 0.3) is 0 Å². The predicted octanol–water partition coefficient (Wildman–Crippen LogP) is 5.64. The van der Waals surface area contributed by atoms with E-state index in [1.165, 1.54) is 11.3 Å². The fourth-order valence-corrected chi connectivity index (χ4v) is 4.69. The number of aliphatic carboxylic acids is 1. The Morgan fingerprint density at radius 3 is 2.77 bits per heavy atom. The molecule has 1 aliphatic rings. The maximum absolute atomic E-state index is 12.0. The van der Waals surface area contributed by atoms with Crippen LogP contribution in [0.3, 0.4) is 0 Å². The van der Waals surface area contributed by atoms with Gasteiger partial charge >= 0.3 is 5.97 Å². The Bertz CT molecular complexity index is 835. The Hall–Kier alpha value is -1.56. The van der Waals surface area contributed by atoms with Gasteiger partial charge in [-0.25, -0.2) is 4.79 Å². The van der Waals surface area contributed by atoms with Gasteiger partial charge in [0, 0.05) is 16.0 Å². The van der Waals surface area contributed by atoms with Crippen LogP contribution in [-0.4, -0.2) is 23.3 Å². The second-order valence-electron chi connectivity index (χ2n) is 7.44. The molecule has 1 N–H and O–H groups in total. The fourth-order valence-electron chi connectivity index (χ4n) is 3.21. The molecule has 0 saturated carbocycles. The van der Waals surface area contributed by atoms with E-state index in [9.17, 15) is 9.90 Å². The number of carbonyl (C=O) groups is 1. The zero-order chi connectivity index (χ0) is 19.1. The number of hydrogen-bond acceptors (Lipinski definition) is 4. The second kappa shape index (κ2) is 7.22. The van der Waals surface area contributed by atoms with Crippen molar-refractivity contribution in [3.8, 4) is 16.9 Å². The molecular formula is C20H23ClO4S. The minimum Gasteiger partial charge on any atom is -0.493 e. The van der Waals surface area contributed by atoms with Gasteiger partial charge in [0.1, 0.15) is 10.1 Å². The molecule has 0 radical (unpaired) electrons. The van der Waals surface area contributed by atoms with Crippen LogP contribution in [0.4, 0.5) is 0 Å². The third kappa shape index (κ3) is 3.90. The lowest BCUT2D eigenvalue weighted by atomic mass is 9.95. The lowest BCUT2D eigenvalue weighted by molar-refractivity contribution is -0.160. The molecule has 26 heavy (non-hydrogen) atoms. The number of rotatable bonds is 4. The zero-order valence-corrected chi connectivity index (χ0v) is 17.0. The van der Waals surface area contributed by atoms with Crippen molar-refractivity contribution in [3.63, 3.8) is 0 Å². The van der Waals surface area contributed by atoms with E-state index in [1.54, 1.807) is 0 Å². The summed E-state index contributed by atoms with van der Waals surface area (Å²) in [4.78, 5) is 12.8. The van der Waals surface area contributed by atoms with Gasteiger partial charge in [0.05, 0.1) is 12.2 Å². The molecule has 3 rings (SSSR count). The van der Waals surface area contributed by atoms with Crippen molar-refractivity contribution < 1.29 is 19.4 Å². The Kier molecular flexibility index (Phi) is 5.33. The molecule has 140 valence electrons. The van der Waals surface area contributed by atoms with Crippen molar-refractivity contribution in [3.05, 3.63) is 38.5 Å². The van der Waals surface area contributed by atoms with E-state index in [-0.39, 0.29) is 0 Å². The van der Waals surface area contributed by atoms with Gasteiger partial charge in [0.2, 0.25) is 0 Å². The van der Waals surface area contributed by atoms with Crippen LogP contribution in [0.1, 0.15) is 49.3 Å². The minimum absolute atomic E-state index is 0.581. The van der Waals surface area contributed by atoms with Crippen molar-refractivity contribution in [1.29, 1.82) is 0 Å². The van der Waals surface area contributed by atoms with Gasteiger partial charge in [-0.1, -0.05) is 17.7 Å². The van der Waals surface area contributed by atoms with Crippen LogP contribution in [0.15, 0.2) is 18.2 Å². The van der Waals surface area contributed by atoms with Gasteiger partial charge in [-0.05, 0) is 63.8 Å². The monoisotopic (exact) mass is 394 g/mol. The number of thiophene rings is 1. The molecule has 2 aromatic rings. The maximum Gasteiger partial charge on any atom is 0.337 e. The molecule has 0 spiro atoms. The normalized spacial score (nSPS) is 15.3. The van der Waals surface area contributed by atoms with Crippen LogP contribution in [-0.2, 0) is 16.0 Å². The summed E-state index contributed by atoms with van der Waals surface area (Å²) in [6, 6.07) is 5.94. The van der Waals surface area contributed by atoms with E-state index < -0.39 is 17.7 Å². The molecule has 0 bridgehead atoms. The highest BCUT2D eigenvalue weighted by molar-refractivity contribution is 7.17. The van der Waals surface area contributed by atoms with Gasteiger partial charge < -0.3 is 14.6 Å². The molecular weight excluding hydrogens is 372 g/mol. The van der Waals surface area contributed by atoms with Crippen LogP contribution in [0.25, 0.3) is 11.1 Å². The third-order valence-corrected chi connectivity index (χ3v) is 5.57. The minimum atomic E-state index is -1.07. The number of ether oxygens (including phenoxy) is 2. The number of benzene rings is 1. The quantitative estimate of drug-likeness (QED) is 0.728. The molecule has 6 heteroatoms. The summed E-state index contributed by atoms with van der Waals surface area (Å²) in [5.74, 6) is -0.120. The van der Waals surface area contributed by atoms with Crippen molar-refractivity contribution in [2.24, 2.45) is 0 Å². The summed E-state index contributed by atoms with van der Waals surface area (Å²) < 4.78 is 12.1. The van der Waals surface area contributed by atoms with Crippen LogP contribution >= 0.6 is 22.9 Å². The van der Waals surface area contributed by atoms with Crippen LogP contribution in [0.2, 0.25) is 4.34 Å². The summed E-state index contributed by atoms with van der Waals surface area (Å²) in [5, 5.41) is 9.80. The predicted molar refractivity (Wildman–Crippen MR) is 105 cm³/mol. The first-order valence-electron chi connectivity index (χ1n) is 8.63. The number of fused-ring (bicyclic) bond motifs is 1. The maximum atomic E-state index is 12.0. The van der Waals surface area contributed by atoms with E-state index in [1.807, 2.05) is 39.8 Å². The van der Waals surface area contributed by atoms with Crippen LogP contribution < -0.4 is 4.74 Å². The number of halogens is 1. The average Bonchev–Trinajstić information content (AvgIpc) is 2.85. The molecule has 1 unspecified atom stereocenters. The highest BCUT2D eigenvalue weighted by atomic mass is 35.5. The van der Waals surface area contributed by atoms with Crippen molar-refractivity contribution in [1.82, 2.24) is 0 Å². The van der Waals surface area contributed by atoms with E-state index in [2.05, 4.69) is 6.07 Å². The van der Waals surface area contributed by atoms with Gasteiger partial charge in [-0.2, -0.15) is 0 Å². The lowest BCUT2D eigenvalue weighted by Gasteiger charge is -2.26. The molecule has 1 aromatic carbocycles. The molecule has 1 aliphatic heterocycles. The third-order valence-electron chi connectivity index (χ3n) is 4.24. The Balaban J connectivity index is 2.12. The van der Waals surface area contributed by atoms with Crippen LogP contribution in [0.5, 0.6) is 5.75 Å². The number of aryl methyl sites for hydroxylation is 2. The summed E-state index contributed by atoms with van der Waals surface area (Å²) in [6.45, 7) is 8.17. The zero-order valence-electron chi connectivity index (χ0n) is 15.4. The Morgan fingerprint density at radius 2 is 2.12 bits per heavy atom. The van der Waals surface area contributed by atoms with E-state index in [4.69, 9.17) is 21.1 Å². The Morgan fingerprint density at radius 1 is 1.38 bits per heavy atom. The van der Waals surface area contributed by atoms with Crippen molar-refractivity contribution >= 4 is 28.9 Å². The first-order valence-corrected chi connectivity index (χ1v) is 9.82. The smallest absolute Gasteiger partial charge is 0.337 e. The van der Waals surface area contributed by atoms with Crippen molar-refractivity contribution in [2.75, 3.05) is 6.61 Å². The van der Waals surface area contributed by atoms with E-state index >= 15 is 0 Å². The van der Waals surface area contributed by atoms with Gasteiger partial charge in [-0.15, -0.1) is 11.3 Å². The second-order valence-corrected chi connectivity index (χ2v) is 9.27.